The number of alkyl halides is 1. The molecule has 5 nitrogen and oxygen atoms in total. The van der Waals surface area contributed by atoms with E-state index in [-0.39, 0.29) is 71.1 Å². The molecule has 13 atom stereocenters. The van der Waals surface area contributed by atoms with E-state index in [1.54, 1.807) is 36.5 Å². The Morgan fingerprint density at radius 1 is 0.604 bits per heavy atom. The Morgan fingerprint density at radius 2 is 1.33 bits per heavy atom. The molecule has 13 aliphatic rings. The van der Waals surface area contributed by atoms with E-state index in [9.17, 15) is 0 Å². The lowest BCUT2D eigenvalue weighted by Gasteiger charge is -2.48. The van der Waals surface area contributed by atoms with Crippen molar-refractivity contribution in [2.24, 2.45) is 29.6 Å². The highest BCUT2D eigenvalue weighted by Gasteiger charge is 2.62. The monoisotopic (exact) mass is 1350 g/mol. The van der Waals surface area contributed by atoms with E-state index in [0.717, 1.165) is 117 Å². The number of nitrogens with zero attached hydrogens (tertiary/aromatic N) is 2. The van der Waals surface area contributed by atoms with Crippen LogP contribution < -0.4 is 14.4 Å². The highest BCUT2D eigenvalue weighted by molar-refractivity contribution is 5.69. The van der Waals surface area contributed by atoms with Gasteiger partial charge in [0, 0.05) is 70.4 Å². The van der Waals surface area contributed by atoms with Gasteiger partial charge in [-0.2, -0.15) is 0 Å². The summed E-state index contributed by atoms with van der Waals surface area (Å²) in [5.74, 6) is -1.08. The third kappa shape index (κ3) is 11.0. The topological polar surface area (TPSA) is 34.2 Å². The van der Waals surface area contributed by atoms with Crippen LogP contribution >= 0.6 is 0 Å². The van der Waals surface area contributed by atoms with Crippen molar-refractivity contribution in [3.63, 3.8) is 0 Å². The second kappa shape index (κ2) is 26.6. The van der Waals surface area contributed by atoms with Crippen molar-refractivity contribution in [2.75, 3.05) is 4.90 Å². The smallest absolute Gasteiger partial charge is 0.130 e. The predicted octanol–water partition coefficient (Wildman–Crippen LogP) is 22.8. The molecular weight excluding hydrogens is 1270 g/mol. The van der Waals surface area contributed by atoms with Gasteiger partial charge in [0.2, 0.25) is 0 Å². The lowest BCUT2D eigenvalue weighted by molar-refractivity contribution is 0.104. The zero-order valence-electron chi connectivity index (χ0n) is 56.9. The van der Waals surface area contributed by atoms with Crippen LogP contribution in [0.15, 0.2) is 287 Å². The summed E-state index contributed by atoms with van der Waals surface area (Å²) in [5.41, 5.74) is 10.7. The molecule has 4 aromatic carbocycles. The molecule has 0 bridgehead atoms. The Labute approximate surface area is 589 Å². The van der Waals surface area contributed by atoms with Gasteiger partial charge in [-0.3, -0.25) is 0 Å². The van der Waals surface area contributed by atoms with Gasteiger partial charge >= 0.3 is 0 Å². The standard InChI is InChI=1S/C90H84F6N2O3/c1-3-55-25-43-65(44-26-55)99-67-47-29-57(30-48-67)89(87-77(93)17-9-18-78(87)94)73-15-7-5-13-69(73)71-51-41-63(53-75(71)89)97(61-37-33-59(91)34-38-61)81-21-11-23-83-85(81)86-82(22-12-24-84(86)101-83)98(62-39-35-60(92)36-40-62)64-42-52-72-70-14-6-8-16-74(70)90(76(72)54-64,88-79(95)19-10-20-80(88)96)58-31-49-68(50-32-58)100-66-45-27-56(4-2)28-46-66/h3-6,9-10,13-14,17-22,25-29,31,33-37,39,41,43-47,51,53-54,61-62,68-70,73-74,77,83,85,87H,1-2,7-8,11-12,15-16,23-24,30,32,38,40,42,48-50,52H2. The van der Waals surface area contributed by atoms with Crippen molar-refractivity contribution < 1.29 is 40.6 Å². The van der Waals surface area contributed by atoms with Crippen molar-refractivity contribution in [1.29, 1.82) is 0 Å². The summed E-state index contributed by atoms with van der Waals surface area (Å²) in [6, 6.07) is 25.9. The van der Waals surface area contributed by atoms with E-state index in [1.807, 2.05) is 66.8 Å². The van der Waals surface area contributed by atoms with Crippen molar-refractivity contribution in [1.82, 2.24) is 4.90 Å². The van der Waals surface area contributed by atoms with E-state index in [0.29, 0.717) is 82.8 Å². The van der Waals surface area contributed by atoms with Crippen LogP contribution in [-0.4, -0.2) is 35.4 Å². The number of anilines is 1. The highest BCUT2D eigenvalue weighted by Crippen LogP contribution is 2.68. The van der Waals surface area contributed by atoms with Crippen molar-refractivity contribution in [3.05, 3.63) is 327 Å². The average molecular weight is 1360 g/mol. The van der Waals surface area contributed by atoms with Gasteiger partial charge in [-0.15, -0.1) is 0 Å². The number of rotatable bonds is 16. The SMILES string of the molecule is C=Cc1ccc(OC2=CC=C(C3(C4C(F)=CC=CC4F)c4cc(N(C5=CCCC6OC7=C(C(N(C8=CC9=C(CC8)C8C=CCCC8C9(C8=CCC(Oc9ccc(C=C)cc9)CC8)c8c(F)cccc8F)C8C=CC(F)=CC8)=CCC7)C56)C5C=CC(F)=CC5)ccc4C4C=CCCC43)CC2)cc1. The van der Waals surface area contributed by atoms with E-state index in [4.69, 9.17) is 14.2 Å². The van der Waals surface area contributed by atoms with Crippen LogP contribution in [0, 0.1) is 41.2 Å². The number of ether oxygens (including phenoxy) is 3. The van der Waals surface area contributed by atoms with Gasteiger partial charge in [0.1, 0.15) is 70.5 Å². The maximum atomic E-state index is 17.6. The minimum absolute atomic E-state index is 0.0483. The number of hydrogen-bond donors (Lipinski definition) is 0. The summed E-state index contributed by atoms with van der Waals surface area (Å²) in [6.07, 6.45) is 49.4. The molecule has 12 aliphatic carbocycles. The van der Waals surface area contributed by atoms with Crippen LogP contribution in [-0.2, 0) is 15.6 Å². The summed E-state index contributed by atoms with van der Waals surface area (Å²) in [7, 11) is 0. The maximum absolute atomic E-state index is 17.6. The number of halogens is 6. The maximum Gasteiger partial charge on any atom is 0.130 e. The first-order valence-electron chi connectivity index (χ1n) is 36.8. The Hall–Kier alpha value is -9.22. The van der Waals surface area contributed by atoms with Gasteiger partial charge in [0.15, 0.2) is 0 Å². The molecule has 0 N–H and O–H groups in total. The molecule has 0 amide bonds. The fourth-order valence-corrected chi connectivity index (χ4v) is 20.4. The molecule has 0 aromatic heterocycles. The second-order valence-electron chi connectivity index (χ2n) is 29.5. The third-order valence-corrected chi connectivity index (χ3v) is 24.5. The van der Waals surface area contributed by atoms with Crippen molar-refractivity contribution >= 4 is 17.8 Å². The van der Waals surface area contributed by atoms with E-state index < -0.39 is 40.4 Å². The summed E-state index contributed by atoms with van der Waals surface area (Å²) >= 11 is 0. The second-order valence-corrected chi connectivity index (χ2v) is 29.5. The van der Waals surface area contributed by atoms with Crippen LogP contribution in [0.25, 0.3) is 12.2 Å². The normalized spacial score (nSPS) is 31.2. The molecule has 17 rings (SSSR count). The molecule has 0 radical (unpaired) electrons. The first kappa shape index (κ1) is 65.1. The van der Waals surface area contributed by atoms with Crippen molar-refractivity contribution in [3.8, 4) is 11.5 Å². The first-order chi connectivity index (χ1) is 49.4. The van der Waals surface area contributed by atoms with E-state index in [2.05, 4.69) is 95.8 Å². The largest absolute Gasteiger partial charge is 0.493 e. The van der Waals surface area contributed by atoms with Crippen LogP contribution in [0.2, 0.25) is 0 Å². The molecule has 0 spiro atoms. The van der Waals surface area contributed by atoms with Gasteiger partial charge in [-0.05, 0) is 227 Å². The van der Waals surface area contributed by atoms with Crippen LogP contribution in [0.1, 0.15) is 143 Å². The predicted molar refractivity (Wildman–Crippen MR) is 390 cm³/mol. The van der Waals surface area contributed by atoms with Gasteiger partial charge in [0.05, 0.1) is 29.3 Å². The fourth-order valence-electron chi connectivity index (χ4n) is 20.4. The molecule has 1 aliphatic heterocycles. The van der Waals surface area contributed by atoms with Crippen LogP contribution in [0.5, 0.6) is 11.5 Å². The molecular formula is C90H84F6N2O3. The molecule has 0 saturated heterocycles. The molecule has 11 heteroatoms. The Kier molecular flexibility index (Phi) is 17.2. The first-order valence-corrected chi connectivity index (χ1v) is 36.8. The minimum Gasteiger partial charge on any atom is -0.493 e. The quantitative estimate of drug-likeness (QED) is 0.0825. The van der Waals surface area contributed by atoms with E-state index in [1.165, 1.54) is 42.0 Å². The Balaban J connectivity index is 0.790. The zero-order valence-corrected chi connectivity index (χ0v) is 56.9. The Morgan fingerprint density at radius 3 is 2.01 bits per heavy atom. The van der Waals surface area contributed by atoms with Crippen LogP contribution in [0.3, 0.4) is 0 Å². The Bertz CT molecular complexity index is 4570. The number of benzene rings is 4. The summed E-state index contributed by atoms with van der Waals surface area (Å²) < 4.78 is 122. The molecule has 101 heavy (non-hydrogen) atoms. The molecule has 0 saturated carbocycles. The number of hydrogen-bond acceptors (Lipinski definition) is 5. The lowest BCUT2D eigenvalue weighted by Crippen LogP contribution is -2.47. The summed E-state index contributed by atoms with van der Waals surface area (Å²) in [4.78, 5) is 4.80. The summed E-state index contributed by atoms with van der Waals surface area (Å²) in [6.45, 7) is 7.83. The average Bonchev–Trinajstić information content (AvgIpc) is 1.56. The van der Waals surface area contributed by atoms with Gasteiger partial charge in [-0.25, -0.2) is 26.3 Å². The highest BCUT2D eigenvalue weighted by atomic mass is 19.2. The molecule has 0 fully saturated rings. The summed E-state index contributed by atoms with van der Waals surface area (Å²) in [5, 5.41) is 0. The van der Waals surface area contributed by atoms with Gasteiger partial charge in [0.25, 0.3) is 0 Å². The molecule has 4 aromatic rings. The van der Waals surface area contributed by atoms with Gasteiger partial charge < -0.3 is 24.0 Å². The van der Waals surface area contributed by atoms with Gasteiger partial charge in [-0.1, -0.05) is 145 Å². The number of fused-ring (bicyclic) bond motifs is 7. The fraction of sp³-hybridized carbons (Fsp3) is 0.333. The molecule has 13 unspecified atom stereocenters. The minimum atomic E-state index is -1.62. The molecule has 1 heterocycles. The number of allylic oxidation sites excluding steroid dienone is 25. The van der Waals surface area contributed by atoms with Crippen LogP contribution in [0.4, 0.5) is 32.0 Å². The lowest BCUT2D eigenvalue weighted by atomic mass is 9.55. The third-order valence-electron chi connectivity index (χ3n) is 24.5. The van der Waals surface area contributed by atoms with Crippen molar-refractivity contribution in [2.45, 2.75) is 156 Å². The van der Waals surface area contributed by atoms with E-state index >= 15 is 26.3 Å². The molecule has 514 valence electrons. The zero-order chi connectivity index (χ0) is 68.7.